The maximum Gasteiger partial charge on any atom is 0.325 e. The monoisotopic (exact) mass is 280 g/mol. The number of anilines is 1. The first-order valence-corrected chi connectivity index (χ1v) is 5.68. The van der Waals surface area contributed by atoms with Crippen LogP contribution in [0.3, 0.4) is 0 Å². The zero-order valence-corrected chi connectivity index (χ0v) is 10.3. The summed E-state index contributed by atoms with van der Waals surface area (Å²) in [6.07, 6.45) is 4.45. The van der Waals surface area contributed by atoms with Gasteiger partial charge in [0.15, 0.2) is 5.82 Å². The molecule has 0 fully saturated rings. The van der Waals surface area contributed by atoms with Crippen LogP contribution in [0.1, 0.15) is 5.82 Å². The quantitative estimate of drug-likeness (QED) is 0.661. The molecule has 0 spiro atoms. The number of carbonyl (C=O) groups excluding carboxylic acids is 1. The average Bonchev–Trinajstić information content (AvgIpc) is 3.00. The molecule has 0 aromatic carbocycles. The van der Waals surface area contributed by atoms with Gasteiger partial charge in [-0.2, -0.15) is 10.1 Å². The lowest BCUT2D eigenvalue weighted by atomic mass is 10.4. The molecule has 0 saturated heterocycles. The van der Waals surface area contributed by atoms with E-state index < -0.39 is 12.0 Å². The lowest BCUT2D eigenvalue weighted by Crippen LogP contribution is -2.30. The molecule has 2 aromatic heterocycles. The molecule has 0 bridgehead atoms. The summed E-state index contributed by atoms with van der Waals surface area (Å²) >= 11 is 0. The highest BCUT2D eigenvalue weighted by molar-refractivity contribution is 5.88. The molecule has 10 heteroatoms. The number of nitrogens with zero attached hydrogens (tertiary/aromatic N) is 4. The molecule has 0 saturated carbocycles. The molecular weight excluding hydrogens is 268 g/mol. The molecule has 2 amide bonds. The van der Waals surface area contributed by atoms with E-state index in [0.717, 1.165) is 0 Å². The predicted molar refractivity (Wildman–Crippen MR) is 64.9 cm³/mol. The number of carboxylic acids is 1. The van der Waals surface area contributed by atoms with Gasteiger partial charge in [0.25, 0.3) is 0 Å². The van der Waals surface area contributed by atoms with Crippen molar-refractivity contribution in [2.24, 2.45) is 0 Å². The van der Waals surface area contributed by atoms with Crippen LogP contribution >= 0.6 is 0 Å². The van der Waals surface area contributed by atoms with Crippen molar-refractivity contribution >= 4 is 17.7 Å². The molecule has 20 heavy (non-hydrogen) atoms. The van der Waals surface area contributed by atoms with Gasteiger partial charge in [0, 0.05) is 19.2 Å². The van der Waals surface area contributed by atoms with E-state index in [0.29, 0.717) is 24.5 Å². The topological polar surface area (TPSA) is 135 Å². The van der Waals surface area contributed by atoms with Crippen LogP contribution in [0.5, 0.6) is 0 Å². The van der Waals surface area contributed by atoms with Crippen LogP contribution < -0.4 is 10.6 Å². The normalized spacial score (nSPS) is 10.2. The second-order valence-corrected chi connectivity index (χ2v) is 3.80. The number of nitrogens with one attached hydrogen (secondary N) is 2. The highest BCUT2D eigenvalue weighted by Crippen LogP contribution is 2.04. The first-order valence-electron chi connectivity index (χ1n) is 5.68. The zero-order valence-electron chi connectivity index (χ0n) is 10.3. The first kappa shape index (κ1) is 13.5. The van der Waals surface area contributed by atoms with E-state index in [1.807, 2.05) is 0 Å². The molecule has 0 atom stereocenters. The van der Waals surface area contributed by atoms with Crippen molar-refractivity contribution in [1.29, 1.82) is 0 Å². The van der Waals surface area contributed by atoms with Crippen LogP contribution in [0.15, 0.2) is 23.3 Å². The lowest BCUT2D eigenvalue weighted by Gasteiger charge is -2.03. The van der Waals surface area contributed by atoms with Gasteiger partial charge in [-0.05, 0) is 0 Å². The van der Waals surface area contributed by atoms with Crippen molar-refractivity contribution < 1.29 is 19.2 Å². The van der Waals surface area contributed by atoms with Gasteiger partial charge in [0.1, 0.15) is 6.54 Å². The fraction of sp³-hybridized carbons (Fsp3) is 0.300. The molecule has 0 aliphatic carbocycles. The molecule has 2 aromatic rings. The van der Waals surface area contributed by atoms with Crippen molar-refractivity contribution in [3.63, 3.8) is 0 Å². The molecule has 10 nitrogen and oxygen atoms in total. The second-order valence-electron chi connectivity index (χ2n) is 3.80. The molecule has 106 valence electrons. The van der Waals surface area contributed by atoms with Crippen LogP contribution in [0, 0.1) is 0 Å². The standard InChI is InChI=1S/C10H12N6O4/c17-9(18)5-16-4-7(3-13-16)14-10(19)11-2-1-8-12-6-20-15-8/h3-4,6H,1-2,5H2,(H,17,18)(H2,11,14,19). The molecule has 3 N–H and O–H groups in total. The van der Waals surface area contributed by atoms with Crippen molar-refractivity contribution in [3.05, 3.63) is 24.6 Å². The molecule has 2 rings (SSSR count). The third kappa shape index (κ3) is 4.08. The Morgan fingerprint density at radius 1 is 1.45 bits per heavy atom. The lowest BCUT2D eigenvalue weighted by molar-refractivity contribution is -0.137. The largest absolute Gasteiger partial charge is 0.480 e. The van der Waals surface area contributed by atoms with Crippen molar-refractivity contribution in [1.82, 2.24) is 25.2 Å². The fourth-order valence-electron chi connectivity index (χ4n) is 1.42. The van der Waals surface area contributed by atoms with Crippen molar-refractivity contribution in [2.75, 3.05) is 11.9 Å². The maximum atomic E-state index is 11.5. The zero-order chi connectivity index (χ0) is 14.4. The van der Waals surface area contributed by atoms with E-state index in [1.54, 1.807) is 0 Å². The van der Waals surface area contributed by atoms with Gasteiger partial charge in [-0.25, -0.2) is 4.79 Å². The maximum absolute atomic E-state index is 11.5. The van der Waals surface area contributed by atoms with Crippen LogP contribution in [-0.4, -0.2) is 43.6 Å². The van der Waals surface area contributed by atoms with Crippen molar-refractivity contribution in [3.8, 4) is 0 Å². The van der Waals surface area contributed by atoms with Gasteiger partial charge in [-0.3, -0.25) is 9.48 Å². The first-order chi connectivity index (χ1) is 9.63. The number of aromatic nitrogens is 4. The van der Waals surface area contributed by atoms with Crippen LogP contribution in [-0.2, 0) is 17.8 Å². The number of hydrogen-bond donors (Lipinski definition) is 3. The van der Waals surface area contributed by atoms with E-state index >= 15 is 0 Å². The van der Waals surface area contributed by atoms with E-state index in [4.69, 9.17) is 5.11 Å². The number of carboxylic acid groups (broad SMARTS) is 1. The molecular formula is C10H12N6O4. The Balaban J connectivity index is 1.73. The van der Waals surface area contributed by atoms with Gasteiger partial charge in [0.05, 0.1) is 11.9 Å². The molecule has 0 radical (unpaired) electrons. The summed E-state index contributed by atoms with van der Waals surface area (Å²) in [4.78, 5) is 25.8. The summed E-state index contributed by atoms with van der Waals surface area (Å²) in [5.74, 6) is -0.510. The third-order valence-corrected chi connectivity index (χ3v) is 2.23. The Labute approximate surface area is 112 Å². The minimum atomic E-state index is -1.01. The summed E-state index contributed by atoms with van der Waals surface area (Å²) in [6, 6.07) is -0.427. The predicted octanol–water partition coefficient (Wildman–Crippen LogP) is -0.285. The van der Waals surface area contributed by atoms with E-state index in [9.17, 15) is 9.59 Å². The molecule has 0 aliphatic rings. The summed E-state index contributed by atoms with van der Waals surface area (Å²) in [5, 5.41) is 21.1. The van der Waals surface area contributed by atoms with E-state index in [2.05, 4.69) is 30.4 Å². The van der Waals surface area contributed by atoms with Crippen LogP contribution in [0.4, 0.5) is 10.5 Å². The fourth-order valence-corrected chi connectivity index (χ4v) is 1.42. The third-order valence-electron chi connectivity index (χ3n) is 2.23. The van der Waals surface area contributed by atoms with Gasteiger partial charge in [-0.15, -0.1) is 0 Å². The highest BCUT2D eigenvalue weighted by atomic mass is 16.5. The smallest absolute Gasteiger partial charge is 0.325 e. The van der Waals surface area contributed by atoms with Gasteiger partial charge >= 0.3 is 12.0 Å². The number of aliphatic carboxylic acids is 1. The molecule has 0 aliphatic heterocycles. The average molecular weight is 280 g/mol. The van der Waals surface area contributed by atoms with Gasteiger partial charge in [0.2, 0.25) is 6.39 Å². The number of hydrogen-bond acceptors (Lipinski definition) is 6. The van der Waals surface area contributed by atoms with Gasteiger partial charge in [-0.1, -0.05) is 5.16 Å². The summed E-state index contributed by atoms with van der Waals surface area (Å²) < 4.78 is 5.76. The molecule has 2 heterocycles. The minimum absolute atomic E-state index is 0.263. The molecule has 0 unspecified atom stereocenters. The van der Waals surface area contributed by atoms with E-state index in [1.165, 1.54) is 23.5 Å². The number of urea groups is 1. The van der Waals surface area contributed by atoms with Crippen molar-refractivity contribution in [2.45, 2.75) is 13.0 Å². The SMILES string of the molecule is O=C(O)Cn1cc(NC(=O)NCCc2ncon2)cn1. The second kappa shape index (κ2) is 6.31. The number of amides is 2. The van der Waals surface area contributed by atoms with Gasteiger partial charge < -0.3 is 20.3 Å². The number of carbonyl (C=O) groups is 2. The summed E-state index contributed by atoms with van der Waals surface area (Å²) in [5.41, 5.74) is 0.406. The summed E-state index contributed by atoms with van der Waals surface area (Å²) in [6.45, 7) is 0.0791. The Hall–Kier alpha value is -2.91. The van der Waals surface area contributed by atoms with Crippen LogP contribution in [0.25, 0.3) is 0 Å². The summed E-state index contributed by atoms with van der Waals surface area (Å²) in [7, 11) is 0. The Kier molecular flexibility index (Phi) is 4.27. The Morgan fingerprint density at radius 3 is 3.00 bits per heavy atom. The Morgan fingerprint density at radius 2 is 2.30 bits per heavy atom. The Bertz CT molecular complexity index is 578. The van der Waals surface area contributed by atoms with E-state index in [-0.39, 0.29) is 6.54 Å². The highest BCUT2D eigenvalue weighted by Gasteiger charge is 2.06. The minimum Gasteiger partial charge on any atom is -0.480 e. The number of rotatable bonds is 6. The van der Waals surface area contributed by atoms with Crippen LogP contribution in [0.2, 0.25) is 0 Å².